The summed E-state index contributed by atoms with van der Waals surface area (Å²) in [6.07, 6.45) is 8.57. The summed E-state index contributed by atoms with van der Waals surface area (Å²) < 4.78 is 5.42. The molecule has 1 N–H and O–H groups in total. The topological polar surface area (TPSA) is 37.4 Å². The third-order valence-electron chi connectivity index (χ3n) is 5.96. The fourth-order valence-electron chi connectivity index (χ4n) is 4.28. The largest absolute Gasteiger partial charge is 0.497 e. The summed E-state index contributed by atoms with van der Waals surface area (Å²) in [7, 11) is 1.71. The standard InChI is InChI=1S/C25H31N3O/c1-29-22-11-12-24-23(18-22)21(13-15-26-24)19-27-25-10-6-3-7-16-28(25)17-14-20-8-4-2-5-9-20/h2,4-5,8-9,11-13,15,18,25,27H,3,6-7,10,14,16-17,19H2,1H3. The van der Waals surface area contributed by atoms with Crippen molar-refractivity contribution in [2.75, 3.05) is 20.2 Å². The normalized spacial score (nSPS) is 17.9. The van der Waals surface area contributed by atoms with Crippen LogP contribution in [-0.4, -0.2) is 36.2 Å². The number of methoxy groups -OCH3 is 1. The zero-order chi connectivity index (χ0) is 19.9. The molecule has 0 amide bonds. The number of ether oxygens (including phenoxy) is 1. The minimum absolute atomic E-state index is 0.426. The Morgan fingerprint density at radius 1 is 1.07 bits per heavy atom. The number of benzene rings is 2. The van der Waals surface area contributed by atoms with Crippen LogP contribution in [0.2, 0.25) is 0 Å². The molecule has 152 valence electrons. The first-order chi connectivity index (χ1) is 14.3. The molecule has 4 nitrogen and oxygen atoms in total. The van der Waals surface area contributed by atoms with Crippen LogP contribution in [0, 0.1) is 0 Å². The Bertz CT molecular complexity index is 912. The Morgan fingerprint density at radius 2 is 1.97 bits per heavy atom. The van der Waals surface area contributed by atoms with Crippen molar-refractivity contribution in [1.29, 1.82) is 0 Å². The predicted molar refractivity (Wildman–Crippen MR) is 119 cm³/mol. The van der Waals surface area contributed by atoms with Gasteiger partial charge in [-0.2, -0.15) is 0 Å². The molecule has 0 bridgehead atoms. The Labute approximate surface area is 173 Å². The smallest absolute Gasteiger partial charge is 0.119 e. The third-order valence-corrected chi connectivity index (χ3v) is 5.96. The molecule has 1 aliphatic rings. The lowest BCUT2D eigenvalue weighted by molar-refractivity contribution is 0.168. The molecule has 1 unspecified atom stereocenters. The van der Waals surface area contributed by atoms with Crippen molar-refractivity contribution in [2.45, 2.75) is 44.8 Å². The Hall–Kier alpha value is -2.43. The van der Waals surface area contributed by atoms with Gasteiger partial charge in [0, 0.05) is 24.7 Å². The summed E-state index contributed by atoms with van der Waals surface area (Å²) in [5.74, 6) is 0.880. The summed E-state index contributed by atoms with van der Waals surface area (Å²) in [5, 5.41) is 5.02. The Kier molecular flexibility index (Phi) is 6.75. The first-order valence-electron chi connectivity index (χ1n) is 10.8. The summed E-state index contributed by atoms with van der Waals surface area (Å²) in [5.41, 5.74) is 3.72. The quantitative estimate of drug-likeness (QED) is 0.631. The molecule has 4 heteroatoms. The Balaban J connectivity index is 1.45. The van der Waals surface area contributed by atoms with Gasteiger partial charge in [-0.1, -0.05) is 43.2 Å². The highest BCUT2D eigenvalue weighted by Gasteiger charge is 2.20. The minimum atomic E-state index is 0.426. The number of likely N-dealkylation sites (tertiary alicyclic amines) is 1. The van der Waals surface area contributed by atoms with E-state index in [1.807, 2.05) is 18.3 Å². The van der Waals surface area contributed by atoms with Gasteiger partial charge in [0.2, 0.25) is 0 Å². The van der Waals surface area contributed by atoms with E-state index in [-0.39, 0.29) is 0 Å². The first-order valence-corrected chi connectivity index (χ1v) is 10.8. The molecule has 29 heavy (non-hydrogen) atoms. The molecule has 1 aromatic heterocycles. The maximum Gasteiger partial charge on any atom is 0.119 e. The number of pyridine rings is 1. The van der Waals surface area contributed by atoms with Crippen LogP contribution in [0.3, 0.4) is 0 Å². The number of nitrogens with zero attached hydrogens (tertiary/aromatic N) is 2. The molecule has 3 aromatic rings. The van der Waals surface area contributed by atoms with E-state index in [4.69, 9.17) is 4.74 Å². The molecule has 2 heterocycles. The maximum atomic E-state index is 5.42. The van der Waals surface area contributed by atoms with Crippen molar-refractivity contribution < 1.29 is 4.74 Å². The summed E-state index contributed by atoms with van der Waals surface area (Å²) in [6.45, 7) is 3.13. The highest BCUT2D eigenvalue weighted by molar-refractivity contribution is 5.83. The highest BCUT2D eigenvalue weighted by Crippen LogP contribution is 2.23. The van der Waals surface area contributed by atoms with Crippen LogP contribution in [0.25, 0.3) is 10.9 Å². The summed E-state index contributed by atoms with van der Waals surface area (Å²) >= 11 is 0. The molecular weight excluding hydrogens is 358 g/mol. The number of hydrogen-bond acceptors (Lipinski definition) is 4. The van der Waals surface area contributed by atoms with Gasteiger partial charge in [0.1, 0.15) is 5.75 Å². The number of fused-ring (bicyclic) bond motifs is 1. The lowest BCUT2D eigenvalue weighted by atomic mass is 10.1. The molecule has 4 rings (SSSR count). The molecule has 0 spiro atoms. The lowest BCUT2D eigenvalue weighted by Gasteiger charge is -2.31. The second kappa shape index (κ2) is 9.86. The minimum Gasteiger partial charge on any atom is -0.497 e. The van der Waals surface area contributed by atoms with Crippen molar-refractivity contribution in [1.82, 2.24) is 15.2 Å². The van der Waals surface area contributed by atoms with E-state index in [0.29, 0.717) is 6.17 Å². The molecule has 0 saturated carbocycles. The van der Waals surface area contributed by atoms with Crippen LogP contribution in [0.1, 0.15) is 36.8 Å². The Morgan fingerprint density at radius 3 is 2.83 bits per heavy atom. The van der Waals surface area contributed by atoms with Crippen LogP contribution in [-0.2, 0) is 13.0 Å². The third kappa shape index (κ3) is 5.14. The van der Waals surface area contributed by atoms with Gasteiger partial charge in [0.25, 0.3) is 0 Å². The number of nitrogens with one attached hydrogen (secondary N) is 1. The van der Waals surface area contributed by atoms with Gasteiger partial charge in [-0.3, -0.25) is 15.2 Å². The van der Waals surface area contributed by atoms with Gasteiger partial charge < -0.3 is 4.74 Å². The van der Waals surface area contributed by atoms with Gasteiger partial charge in [-0.15, -0.1) is 0 Å². The summed E-state index contributed by atoms with van der Waals surface area (Å²) in [4.78, 5) is 7.15. The van der Waals surface area contributed by atoms with Crippen LogP contribution in [0.15, 0.2) is 60.8 Å². The van der Waals surface area contributed by atoms with Crippen LogP contribution in [0.4, 0.5) is 0 Å². The van der Waals surface area contributed by atoms with Crippen molar-refractivity contribution in [3.05, 3.63) is 71.9 Å². The number of aromatic nitrogens is 1. The van der Waals surface area contributed by atoms with E-state index < -0.39 is 0 Å². The average molecular weight is 390 g/mol. The van der Waals surface area contributed by atoms with Crippen LogP contribution < -0.4 is 10.1 Å². The van der Waals surface area contributed by atoms with Gasteiger partial charge in [-0.05, 0) is 61.2 Å². The van der Waals surface area contributed by atoms with E-state index in [9.17, 15) is 0 Å². The molecule has 1 atom stereocenters. The molecule has 1 aliphatic heterocycles. The molecule has 0 aliphatic carbocycles. The molecule has 1 fully saturated rings. The average Bonchev–Trinajstić information content (AvgIpc) is 3.01. The second-order valence-electron chi connectivity index (χ2n) is 7.87. The van der Waals surface area contributed by atoms with Crippen LogP contribution >= 0.6 is 0 Å². The monoisotopic (exact) mass is 389 g/mol. The van der Waals surface area contributed by atoms with Crippen molar-refractivity contribution in [2.24, 2.45) is 0 Å². The van der Waals surface area contributed by atoms with E-state index >= 15 is 0 Å². The predicted octanol–water partition coefficient (Wildman–Crippen LogP) is 4.78. The van der Waals surface area contributed by atoms with Gasteiger partial charge in [-0.25, -0.2) is 0 Å². The molecule has 1 saturated heterocycles. The second-order valence-corrected chi connectivity index (χ2v) is 7.87. The molecule has 0 radical (unpaired) electrons. The first kappa shape index (κ1) is 19.9. The molecular formula is C25H31N3O. The summed E-state index contributed by atoms with van der Waals surface area (Å²) in [6, 6.07) is 19.1. The van der Waals surface area contributed by atoms with Gasteiger partial charge in [0.05, 0.1) is 18.8 Å². The zero-order valence-electron chi connectivity index (χ0n) is 17.3. The fraction of sp³-hybridized carbons (Fsp3) is 0.400. The van der Waals surface area contributed by atoms with Crippen LogP contribution in [0.5, 0.6) is 5.75 Å². The van der Waals surface area contributed by atoms with Crippen molar-refractivity contribution >= 4 is 10.9 Å². The van der Waals surface area contributed by atoms with E-state index in [0.717, 1.165) is 30.8 Å². The number of hydrogen-bond donors (Lipinski definition) is 1. The lowest BCUT2D eigenvalue weighted by Crippen LogP contribution is -2.45. The SMILES string of the molecule is COc1ccc2nccc(CNC3CCCCCN3CCc3ccccc3)c2c1. The fourth-order valence-corrected chi connectivity index (χ4v) is 4.28. The van der Waals surface area contributed by atoms with Gasteiger partial charge in [0.15, 0.2) is 0 Å². The zero-order valence-corrected chi connectivity index (χ0v) is 17.3. The van der Waals surface area contributed by atoms with E-state index in [2.05, 4.69) is 57.7 Å². The van der Waals surface area contributed by atoms with Crippen molar-refractivity contribution in [3.63, 3.8) is 0 Å². The maximum absolute atomic E-state index is 5.42. The van der Waals surface area contributed by atoms with Gasteiger partial charge >= 0.3 is 0 Å². The van der Waals surface area contributed by atoms with Crippen molar-refractivity contribution in [3.8, 4) is 5.75 Å². The van der Waals surface area contributed by atoms with E-state index in [1.54, 1.807) is 7.11 Å². The molecule has 2 aromatic carbocycles. The highest BCUT2D eigenvalue weighted by atomic mass is 16.5. The number of rotatable bonds is 7. The van der Waals surface area contributed by atoms with E-state index in [1.165, 1.54) is 48.7 Å².